The fourth-order valence-corrected chi connectivity index (χ4v) is 2.03. The van der Waals surface area contributed by atoms with Gasteiger partial charge < -0.3 is 10.2 Å². The monoisotopic (exact) mass is 306 g/mol. The van der Waals surface area contributed by atoms with Crippen molar-refractivity contribution in [2.45, 2.75) is 26.7 Å². The van der Waals surface area contributed by atoms with Crippen LogP contribution in [0.3, 0.4) is 0 Å². The number of unbranched alkanes of at least 4 members (excludes halogenated alkanes) is 1. The fourth-order valence-electron chi connectivity index (χ4n) is 2.03. The molecular formula is C16H20F2N4. The molecule has 118 valence electrons. The van der Waals surface area contributed by atoms with Gasteiger partial charge in [0, 0.05) is 25.4 Å². The van der Waals surface area contributed by atoms with E-state index in [0.29, 0.717) is 11.8 Å². The first-order valence-corrected chi connectivity index (χ1v) is 7.29. The number of rotatable bonds is 6. The standard InChI is InChI=1S/C16H20F2N4/c1-4-5-9-22(3)16-19-11(2)10-14(21-16)20-15-12(17)7-6-8-13(15)18/h6-8,10H,4-5,9H2,1-3H3,(H,19,20,21). The third kappa shape index (κ3) is 3.90. The van der Waals surface area contributed by atoms with Gasteiger partial charge in [0.1, 0.15) is 23.1 Å². The highest BCUT2D eigenvalue weighted by Crippen LogP contribution is 2.23. The summed E-state index contributed by atoms with van der Waals surface area (Å²) in [5.74, 6) is -0.406. The molecule has 0 radical (unpaired) electrons. The molecule has 2 aromatic rings. The van der Waals surface area contributed by atoms with Crippen LogP contribution in [0.25, 0.3) is 0 Å². The highest BCUT2D eigenvalue weighted by atomic mass is 19.1. The van der Waals surface area contributed by atoms with Gasteiger partial charge in [0.05, 0.1) is 0 Å². The minimum atomic E-state index is -0.655. The van der Waals surface area contributed by atoms with Crippen LogP contribution < -0.4 is 10.2 Å². The van der Waals surface area contributed by atoms with Crippen LogP contribution in [-0.4, -0.2) is 23.6 Å². The van der Waals surface area contributed by atoms with E-state index >= 15 is 0 Å². The Balaban J connectivity index is 2.26. The van der Waals surface area contributed by atoms with E-state index in [-0.39, 0.29) is 5.69 Å². The molecule has 1 aromatic carbocycles. The molecule has 0 aliphatic rings. The van der Waals surface area contributed by atoms with E-state index in [9.17, 15) is 8.78 Å². The van der Waals surface area contributed by atoms with Crippen molar-refractivity contribution in [2.75, 3.05) is 23.8 Å². The summed E-state index contributed by atoms with van der Waals surface area (Å²) in [6.45, 7) is 4.76. The Kier molecular flexibility index (Phi) is 5.25. The largest absolute Gasteiger partial charge is 0.344 e. The van der Waals surface area contributed by atoms with Gasteiger partial charge in [0.25, 0.3) is 0 Å². The molecule has 1 N–H and O–H groups in total. The van der Waals surface area contributed by atoms with Crippen molar-refractivity contribution in [3.63, 3.8) is 0 Å². The van der Waals surface area contributed by atoms with Crippen LogP contribution in [-0.2, 0) is 0 Å². The molecular weight excluding hydrogens is 286 g/mol. The van der Waals surface area contributed by atoms with Crippen molar-refractivity contribution in [3.05, 3.63) is 41.6 Å². The van der Waals surface area contributed by atoms with E-state index in [0.717, 1.165) is 25.1 Å². The second-order valence-corrected chi connectivity index (χ2v) is 5.19. The SMILES string of the molecule is CCCCN(C)c1nc(C)cc(Nc2c(F)cccc2F)n1. The summed E-state index contributed by atoms with van der Waals surface area (Å²) in [7, 11) is 1.90. The van der Waals surface area contributed by atoms with E-state index in [1.165, 1.54) is 18.2 Å². The number of benzene rings is 1. The van der Waals surface area contributed by atoms with Crippen LogP contribution in [0.15, 0.2) is 24.3 Å². The summed E-state index contributed by atoms with van der Waals surface area (Å²) in [6, 6.07) is 5.38. The topological polar surface area (TPSA) is 41.1 Å². The molecule has 0 atom stereocenters. The third-order valence-electron chi connectivity index (χ3n) is 3.25. The van der Waals surface area contributed by atoms with Crippen molar-refractivity contribution in [1.82, 2.24) is 9.97 Å². The molecule has 6 heteroatoms. The van der Waals surface area contributed by atoms with Gasteiger partial charge in [-0.05, 0) is 25.5 Å². The van der Waals surface area contributed by atoms with E-state index in [1.807, 2.05) is 18.9 Å². The maximum atomic E-state index is 13.7. The zero-order chi connectivity index (χ0) is 16.1. The minimum absolute atomic E-state index is 0.206. The van der Waals surface area contributed by atoms with Crippen LogP contribution >= 0.6 is 0 Å². The third-order valence-corrected chi connectivity index (χ3v) is 3.25. The Bertz CT molecular complexity index is 626. The van der Waals surface area contributed by atoms with Gasteiger partial charge in [-0.3, -0.25) is 0 Å². The number of anilines is 3. The Hall–Kier alpha value is -2.24. The Labute approximate surface area is 129 Å². The normalized spacial score (nSPS) is 10.6. The quantitative estimate of drug-likeness (QED) is 0.874. The van der Waals surface area contributed by atoms with Crippen molar-refractivity contribution in [3.8, 4) is 0 Å². The molecule has 0 bridgehead atoms. The number of halogens is 2. The van der Waals surface area contributed by atoms with Crippen LogP contribution in [0.5, 0.6) is 0 Å². The molecule has 0 saturated heterocycles. The number of aryl methyl sites for hydroxylation is 1. The predicted octanol–water partition coefficient (Wildman–Crippen LogP) is 4.04. The minimum Gasteiger partial charge on any atom is -0.344 e. The number of nitrogens with zero attached hydrogens (tertiary/aromatic N) is 3. The molecule has 22 heavy (non-hydrogen) atoms. The van der Waals surface area contributed by atoms with Crippen LogP contribution in [0.4, 0.5) is 26.2 Å². The Morgan fingerprint density at radius 3 is 2.50 bits per heavy atom. The van der Waals surface area contributed by atoms with E-state index < -0.39 is 11.6 Å². The summed E-state index contributed by atoms with van der Waals surface area (Å²) in [6.07, 6.45) is 2.10. The summed E-state index contributed by atoms with van der Waals surface area (Å²) in [5.41, 5.74) is 0.523. The molecule has 4 nitrogen and oxygen atoms in total. The highest BCUT2D eigenvalue weighted by molar-refractivity contribution is 5.59. The molecule has 0 fully saturated rings. The first-order valence-electron chi connectivity index (χ1n) is 7.29. The fraction of sp³-hybridized carbons (Fsp3) is 0.375. The summed E-state index contributed by atoms with van der Waals surface area (Å²) >= 11 is 0. The highest BCUT2D eigenvalue weighted by Gasteiger charge is 2.12. The maximum absolute atomic E-state index is 13.7. The van der Waals surface area contributed by atoms with Gasteiger partial charge >= 0.3 is 0 Å². The van der Waals surface area contributed by atoms with Crippen molar-refractivity contribution in [1.29, 1.82) is 0 Å². The number of nitrogens with one attached hydrogen (secondary N) is 1. The zero-order valence-electron chi connectivity index (χ0n) is 13.0. The van der Waals surface area contributed by atoms with Gasteiger partial charge in [-0.1, -0.05) is 19.4 Å². The van der Waals surface area contributed by atoms with Crippen LogP contribution in [0.2, 0.25) is 0 Å². The van der Waals surface area contributed by atoms with E-state index in [4.69, 9.17) is 0 Å². The van der Waals surface area contributed by atoms with Crippen molar-refractivity contribution in [2.24, 2.45) is 0 Å². The van der Waals surface area contributed by atoms with Gasteiger partial charge in [0.2, 0.25) is 5.95 Å². The maximum Gasteiger partial charge on any atom is 0.227 e. The first-order chi connectivity index (χ1) is 10.5. The summed E-state index contributed by atoms with van der Waals surface area (Å²) in [4.78, 5) is 10.6. The smallest absolute Gasteiger partial charge is 0.227 e. The lowest BCUT2D eigenvalue weighted by Gasteiger charge is -2.18. The number of hydrogen-bond acceptors (Lipinski definition) is 4. The van der Waals surface area contributed by atoms with E-state index in [1.54, 1.807) is 6.07 Å². The molecule has 1 heterocycles. The Morgan fingerprint density at radius 2 is 1.86 bits per heavy atom. The molecule has 0 aliphatic carbocycles. The summed E-state index contributed by atoms with van der Waals surface area (Å²) in [5, 5.41) is 2.70. The molecule has 0 saturated carbocycles. The average Bonchev–Trinajstić information content (AvgIpc) is 2.48. The van der Waals surface area contributed by atoms with Gasteiger partial charge in [-0.2, -0.15) is 4.98 Å². The van der Waals surface area contributed by atoms with Gasteiger partial charge in [-0.15, -0.1) is 0 Å². The number of para-hydroxylation sites is 1. The van der Waals surface area contributed by atoms with Gasteiger partial charge in [0.15, 0.2) is 0 Å². The van der Waals surface area contributed by atoms with Crippen LogP contribution in [0.1, 0.15) is 25.5 Å². The molecule has 0 unspecified atom stereocenters. The lowest BCUT2D eigenvalue weighted by atomic mass is 10.3. The Morgan fingerprint density at radius 1 is 1.18 bits per heavy atom. The second kappa shape index (κ2) is 7.15. The zero-order valence-corrected chi connectivity index (χ0v) is 13.0. The molecule has 0 spiro atoms. The molecule has 1 aromatic heterocycles. The molecule has 2 rings (SSSR count). The van der Waals surface area contributed by atoms with Gasteiger partial charge in [-0.25, -0.2) is 13.8 Å². The lowest BCUT2D eigenvalue weighted by Crippen LogP contribution is -2.21. The number of aromatic nitrogens is 2. The number of hydrogen-bond donors (Lipinski definition) is 1. The molecule has 0 aliphatic heterocycles. The lowest BCUT2D eigenvalue weighted by molar-refractivity contribution is 0.590. The van der Waals surface area contributed by atoms with Crippen molar-refractivity contribution < 1.29 is 8.78 Å². The second-order valence-electron chi connectivity index (χ2n) is 5.19. The summed E-state index contributed by atoms with van der Waals surface area (Å²) < 4.78 is 27.4. The average molecular weight is 306 g/mol. The molecule has 0 amide bonds. The predicted molar refractivity (Wildman–Crippen MR) is 84.6 cm³/mol. The van der Waals surface area contributed by atoms with Crippen molar-refractivity contribution >= 4 is 17.5 Å². The first kappa shape index (κ1) is 16.1. The van der Waals surface area contributed by atoms with E-state index in [2.05, 4.69) is 22.2 Å². The van der Waals surface area contributed by atoms with Crippen LogP contribution in [0, 0.1) is 18.6 Å².